The SMILES string of the molecule is CCCCCCCC/C=C\CCCCCCCC([O-])=NCCOS(=O)(=O)O.[Na+]. The van der Waals surface area contributed by atoms with Crippen LogP contribution in [0.1, 0.15) is 96.8 Å². The summed E-state index contributed by atoms with van der Waals surface area (Å²) >= 11 is 0. The van der Waals surface area contributed by atoms with E-state index in [0.29, 0.717) is 6.42 Å². The summed E-state index contributed by atoms with van der Waals surface area (Å²) in [7, 11) is -4.44. The number of unbranched alkanes of at least 4 members (excludes halogenated alkanes) is 11. The minimum absolute atomic E-state index is 0. The van der Waals surface area contributed by atoms with Crippen LogP contribution in [0.25, 0.3) is 0 Å². The molecule has 0 aliphatic carbocycles. The minimum atomic E-state index is -4.44. The molecule has 0 aliphatic rings. The van der Waals surface area contributed by atoms with Crippen molar-refractivity contribution in [3.8, 4) is 0 Å². The first-order chi connectivity index (χ1) is 13.0. The van der Waals surface area contributed by atoms with Crippen molar-refractivity contribution in [1.29, 1.82) is 0 Å². The van der Waals surface area contributed by atoms with Gasteiger partial charge in [0.1, 0.15) is 0 Å². The molecule has 0 radical (unpaired) electrons. The molecule has 0 rings (SSSR count). The van der Waals surface area contributed by atoms with Crippen molar-refractivity contribution in [1.82, 2.24) is 0 Å². The Hall–Kier alpha value is 0.0800. The van der Waals surface area contributed by atoms with Gasteiger partial charge in [-0.05, 0) is 44.4 Å². The molecule has 0 saturated heterocycles. The van der Waals surface area contributed by atoms with E-state index in [1.54, 1.807) is 0 Å². The van der Waals surface area contributed by atoms with Crippen molar-refractivity contribution >= 4 is 16.3 Å². The number of allylic oxidation sites excluding steroid dienone is 2. The molecule has 0 aromatic carbocycles. The first-order valence-electron chi connectivity index (χ1n) is 10.4. The van der Waals surface area contributed by atoms with Crippen LogP contribution < -0.4 is 34.7 Å². The van der Waals surface area contributed by atoms with E-state index in [1.807, 2.05) is 0 Å². The van der Waals surface area contributed by atoms with E-state index in [1.165, 1.54) is 57.8 Å². The van der Waals surface area contributed by atoms with Crippen LogP contribution in [0, 0.1) is 0 Å². The Morgan fingerprint density at radius 2 is 1.43 bits per heavy atom. The van der Waals surface area contributed by atoms with Gasteiger partial charge in [-0.2, -0.15) is 8.42 Å². The van der Waals surface area contributed by atoms with E-state index in [-0.39, 0.29) is 48.6 Å². The number of nitrogens with zero attached hydrogens (tertiary/aromatic N) is 1. The molecule has 0 unspecified atom stereocenters. The predicted octanol–water partition coefficient (Wildman–Crippen LogP) is 1.61. The monoisotopic (exact) mass is 427 g/mol. The Kier molecular flexibility index (Phi) is 23.6. The van der Waals surface area contributed by atoms with Crippen molar-refractivity contribution in [2.75, 3.05) is 13.2 Å². The van der Waals surface area contributed by atoms with Gasteiger partial charge >= 0.3 is 40.0 Å². The van der Waals surface area contributed by atoms with Crippen molar-refractivity contribution in [3.63, 3.8) is 0 Å². The molecule has 160 valence electrons. The van der Waals surface area contributed by atoms with E-state index in [4.69, 9.17) is 4.55 Å². The third kappa shape index (κ3) is 26.1. The molecular weight excluding hydrogens is 389 g/mol. The van der Waals surface area contributed by atoms with Gasteiger partial charge in [0.2, 0.25) is 0 Å². The van der Waals surface area contributed by atoms with E-state index < -0.39 is 10.4 Å². The Morgan fingerprint density at radius 1 is 0.929 bits per heavy atom. The van der Waals surface area contributed by atoms with Gasteiger partial charge in [-0.1, -0.05) is 70.4 Å². The molecule has 0 aliphatic heterocycles. The molecule has 0 saturated carbocycles. The van der Waals surface area contributed by atoms with Gasteiger partial charge < -0.3 is 10.1 Å². The van der Waals surface area contributed by atoms with Gasteiger partial charge in [0, 0.05) is 0 Å². The third-order valence-electron chi connectivity index (χ3n) is 4.26. The number of hydrogen-bond acceptors (Lipinski definition) is 5. The average molecular weight is 428 g/mol. The van der Waals surface area contributed by atoms with Gasteiger partial charge in [-0.3, -0.25) is 4.55 Å². The molecule has 0 bridgehead atoms. The number of hydrogen-bond donors (Lipinski definition) is 1. The summed E-state index contributed by atoms with van der Waals surface area (Å²) in [5, 5.41) is 11.5. The molecule has 0 fully saturated rings. The molecule has 0 atom stereocenters. The van der Waals surface area contributed by atoms with E-state index in [2.05, 4.69) is 28.3 Å². The van der Waals surface area contributed by atoms with Gasteiger partial charge in [0.15, 0.2) is 0 Å². The first kappa shape index (κ1) is 30.3. The molecule has 0 aromatic heterocycles. The molecule has 0 amide bonds. The molecule has 8 heteroatoms. The molecule has 0 heterocycles. The third-order valence-corrected chi connectivity index (χ3v) is 4.73. The van der Waals surface area contributed by atoms with E-state index in [9.17, 15) is 13.5 Å². The summed E-state index contributed by atoms with van der Waals surface area (Å²) in [6.07, 6.45) is 20.7. The summed E-state index contributed by atoms with van der Waals surface area (Å²) in [5.41, 5.74) is 0. The summed E-state index contributed by atoms with van der Waals surface area (Å²) in [6.45, 7) is 1.88. The Bertz CT molecular complexity index is 495. The van der Waals surface area contributed by atoms with Crippen molar-refractivity contribution < 1.29 is 51.8 Å². The molecule has 0 spiro atoms. The molecule has 0 aromatic rings. The molecule has 1 N–H and O–H groups in total. The van der Waals surface area contributed by atoms with Gasteiger partial charge in [0.25, 0.3) is 0 Å². The van der Waals surface area contributed by atoms with Crippen LogP contribution in [0.5, 0.6) is 0 Å². The zero-order chi connectivity index (χ0) is 20.2. The quantitative estimate of drug-likeness (QED) is 0.0843. The summed E-state index contributed by atoms with van der Waals surface area (Å²) in [6, 6.07) is 0. The largest absolute Gasteiger partial charge is 1.00 e. The summed E-state index contributed by atoms with van der Waals surface area (Å²) in [5.74, 6) is -0.244. The second-order valence-corrected chi connectivity index (χ2v) is 7.95. The van der Waals surface area contributed by atoms with Crippen LogP contribution in [-0.4, -0.2) is 32.0 Å². The topological polar surface area (TPSA) is 99.0 Å². The average Bonchev–Trinajstić information content (AvgIpc) is 2.61. The van der Waals surface area contributed by atoms with Crippen LogP contribution in [0.15, 0.2) is 17.1 Å². The Morgan fingerprint density at radius 3 is 1.96 bits per heavy atom. The zero-order valence-corrected chi connectivity index (χ0v) is 20.7. The maximum absolute atomic E-state index is 11.5. The normalized spacial score (nSPS) is 12.4. The molecule has 28 heavy (non-hydrogen) atoms. The smallest absolute Gasteiger partial charge is 0.862 e. The Labute approximate surface area is 194 Å². The van der Waals surface area contributed by atoms with Crippen LogP contribution in [0.4, 0.5) is 0 Å². The standard InChI is InChI=1S/C20H39NO5S.Na/c1-2-3-4-5-6-7-8-9-10-11-12-13-14-15-16-17-20(22)21-18-19-26-27(23,24)25;/h9-10H,2-8,11-19H2,1H3,(H,21,22)(H,23,24,25);/q;+1/p-1/b10-9-;. The van der Waals surface area contributed by atoms with Crippen molar-refractivity contribution in [2.45, 2.75) is 96.8 Å². The number of aliphatic imine (C=N–C) groups is 1. The van der Waals surface area contributed by atoms with Crippen LogP contribution >= 0.6 is 0 Å². The fourth-order valence-electron chi connectivity index (χ4n) is 2.74. The number of rotatable bonds is 19. The van der Waals surface area contributed by atoms with Gasteiger partial charge in [-0.15, -0.1) is 0 Å². The maximum Gasteiger partial charge on any atom is 1.00 e. The minimum Gasteiger partial charge on any atom is -0.862 e. The van der Waals surface area contributed by atoms with E-state index in [0.717, 1.165) is 25.7 Å². The van der Waals surface area contributed by atoms with Gasteiger partial charge in [0.05, 0.1) is 13.2 Å². The Balaban J connectivity index is 0. The second kappa shape index (κ2) is 21.8. The van der Waals surface area contributed by atoms with Gasteiger partial charge in [-0.25, -0.2) is 4.18 Å². The van der Waals surface area contributed by atoms with Crippen LogP contribution in [-0.2, 0) is 14.6 Å². The molecular formula is C20H38NNaO5S. The van der Waals surface area contributed by atoms with E-state index >= 15 is 0 Å². The maximum atomic E-state index is 11.5. The van der Waals surface area contributed by atoms with Crippen LogP contribution in [0.2, 0.25) is 0 Å². The molecule has 6 nitrogen and oxygen atoms in total. The van der Waals surface area contributed by atoms with Crippen molar-refractivity contribution in [3.05, 3.63) is 12.2 Å². The fraction of sp³-hybridized carbons (Fsp3) is 0.850. The first-order valence-corrected chi connectivity index (χ1v) is 11.8. The zero-order valence-electron chi connectivity index (χ0n) is 17.9. The fourth-order valence-corrected chi connectivity index (χ4v) is 3.02. The second-order valence-electron chi connectivity index (χ2n) is 6.86. The van der Waals surface area contributed by atoms with Crippen LogP contribution in [0.3, 0.4) is 0 Å². The predicted molar refractivity (Wildman–Crippen MR) is 109 cm³/mol. The summed E-state index contributed by atoms with van der Waals surface area (Å²) in [4.78, 5) is 3.68. The summed E-state index contributed by atoms with van der Waals surface area (Å²) < 4.78 is 33.1. The van der Waals surface area contributed by atoms with Crippen molar-refractivity contribution in [2.24, 2.45) is 4.99 Å².